The quantitative estimate of drug-likeness (QED) is 0.513. The number of ether oxygens (including phenoxy) is 1. The van der Waals surface area contributed by atoms with Crippen molar-refractivity contribution in [2.24, 2.45) is 13.0 Å². The number of aromatic nitrogens is 2. The molecule has 2 aliphatic heterocycles. The molecule has 0 spiro atoms. The summed E-state index contributed by atoms with van der Waals surface area (Å²) >= 11 is 0. The van der Waals surface area contributed by atoms with Gasteiger partial charge in [-0.2, -0.15) is 5.10 Å². The number of piperidine rings is 1. The van der Waals surface area contributed by atoms with Crippen LogP contribution < -0.4 is 0 Å². The summed E-state index contributed by atoms with van der Waals surface area (Å²) in [5.74, 6) is 0.161. The van der Waals surface area contributed by atoms with Crippen molar-refractivity contribution < 1.29 is 14.3 Å². The van der Waals surface area contributed by atoms with Crippen LogP contribution in [0.25, 0.3) is 11.1 Å². The highest BCUT2D eigenvalue weighted by atomic mass is 16.6. The first-order chi connectivity index (χ1) is 16.5. The third-order valence-electron chi connectivity index (χ3n) is 7.93. The van der Waals surface area contributed by atoms with E-state index in [1.54, 1.807) is 4.68 Å². The Morgan fingerprint density at radius 1 is 0.971 bits per heavy atom. The van der Waals surface area contributed by atoms with E-state index in [1.807, 2.05) is 37.2 Å². The van der Waals surface area contributed by atoms with Gasteiger partial charge in [-0.25, -0.2) is 4.79 Å². The van der Waals surface area contributed by atoms with E-state index in [-0.39, 0.29) is 35.8 Å². The predicted octanol–water partition coefficient (Wildman–Crippen LogP) is 5.10. The highest BCUT2D eigenvalue weighted by Crippen LogP contribution is 2.45. The minimum absolute atomic E-state index is 0.0571. The van der Waals surface area contributed by atoms with E-state index in [9.17, 15) is 9.59 Å². The number of benzene rings is 2. The first-order valence-electron chi connectivity index (χ1n) is 12.2. The van der Waals surface area contributed by atoms with E-state index in [4.69, 9.17) is 4.74 Å². The van der Waals surface area contributed by atoms with Crippen molar-refractivity contribution in [2.75, 3.05) is 6.61 Å². The van der Waals surface area contributed by atoms with E-state index >= 15 is 0 Å². The zero-order valence-corrected chi connectivity index (χ0v) is 19.6. The molecule has 1 aliphatic carbocycles. The van der Waals surface area contributed by atoms with Crippen LogP contribution in [0.1, 0.15) is 58.8 Å². The molecule has 6 nitrogen and oxygen atoms in total. The zero-order valence-electron chi connectivity index (χ0n) is 19.6. The van der Waals surface area contributed by atoms with Crippen LogP contribution in [0.15, 0.2) is 54.7 Å². The standard InChI is InChI=1S/C28H29N3O3/c1-17-25(15-30(2)29-17)27(32)18-13-19-11-12-20(14-18)31(19)28(33)34-16-26-23-9-5-3-7-21(23)22-8-4-6-10-24(22)26/h3-10,15,18-20,26H,11-14,16H2,1-2H3. The molecule has 0 saturated carbocycles. The maximum absolute atomic E-state index is 13.2. The Labute approximate surface area is 199 Å². The Morgan fingerprint density at radius 3 is 2.12 bits per heavy atom. The smallest absolute Gasteiger partial charge is 0.410 e. The number of nitrogens with zero attached hydrogens (tertiary/aromatic N) is 3. The van der Waals surface area contributed by atoms with Gasteiger partial charge in [0.15, 0.2) is 5.78 Å². The SMILES string of the molecule is Cc1nn(C)cc1C(=O)C1CC2CCC(C1)N2C(=O)OCC1c2ccccc2-c2ccccc21. The fourth-order valence-electron chi connectivity index (χ4n) is 6.42. The van der Waals surface area contributed by atoms with E-state index in [0.717, 1.165) is 18.5 Å². The lowest BCUT2D eigenvalue weighted by Gasteiger charge is -2.37. The number of hydrogen-bond acceptors (Lipinski definition) is 4. The number of hydrogen-bond donors (Lipinski definition) is 0. The number of fused-ring (bicyclic) bond motifs is 5. The van der Waals surface area contributed by atoms with E-state index in [0.29, 0.717) is 25.0 Å². The van der Waals surface area contributed by atoms with Gasteiger partial charge in [0, 0.05) is 37.2 Å². The Bertz CT molecular complexity index is 1220. The van der Waals surface area contributed by atoms with Crippen molar-refractivity contribution in [2.45, 2.75) is 50.6 Å². The third kappa shape index (κ3) is 3.35. The van der Waals surface area contributed by atoms with Crippen molar-refractivity contribution in [3.63, 3.8) is 0 Å². The molecule has 174 valence electrons. The van der Waals surface area contributed by atoms with Crippen molar-refractivity contribution in [3.8, 4) is 11.1 Å². The third-order valence-corrected chi connectivity index (χ3v) is 7.93. The van der Waals surface area contributed by atoms with Gasteiger partial charge < -0.3 is 9.64 Å². The second-order valence-electron chi connectivity index (χ2n) is 9.93. The molecule has 3 aliphatic rings. The fourth-order valence-corrected chi connectivity index (χ4v) is 6.42. The van der Waals surface area contributed by atoms with Crippen LogP contribution in [0.4, 0.5) is 4.79 Å². The number of aryl methyl sites for hydroxylation is 2. The normalized spacial score (nSPS) is 23.0. The lowest BCUT2D eigenvalue weighted by atomic mass is 9.85. The first kappa shape index (κ1) is 21.1. The molecule has 3 aromatic rings. The van der Waals surface area contributed by atoms with Crippen molar-refractivity contribution in [1.29, 1.82) is 0 Å². The summed E-state index contributed by atoms with van der Waals surface area (Å²) in [7, 11) is 1.84. The average molecular weight is 456 g/mol. The van der Waals surface area contributed by atoms with Gasteiger partial charge in [0.2, 0.25) is 0 Å². The Kier molecular flexibility index (Phi) is 5.05. The summed E-state index contributed by atoms with van der Waals surface area (Å²) in [5.41, 5.74) is 6.38. The summed E-state index contributed by atoms with van der Waals surface area (Å²) in [4.78, 5) is 28.3. The van der Waals surface area contributed by atoms with Crippen LogP contribution >= 0.6 is 0 Å². The highest BCUT2D eigenvalue weighted by molar-refractivity contribution is 5.98. The maximum atomic E-state index is 13.2. The molecule has 2 unspecified atom stereocenters. The Hall–Kier alpha value is -3.41. The predicted molar refractivity (Wildman–Crippen MR) is 129 cm³/mol. The lowest BCUT2D eigenvalue weighted by molar-refractivity contribution is 0.0505. The largest absolute Gasteiger partial charge is 0.448 e. The summed E-state index contributed by atoms with van der Waals surface area (Å²) in [6, 6.07) is 16.9. The van der Waals surface area contributed by atoms with Crippen LogP contribution in [-0.2, 0) is 11.8 Å². The molecule has 34 heavy (non-hydrogen) atoms. The number of carbonyl (C=O) groups is 2. The molecule has 2 fully saturated rings. The minimum atomic E-state index is -0.238. The Balaban J connectivity index is 1.15. The molecule has 1 amide bonds. The van der Waals surface area contributed by atoms with Gasteiger partial charge in [-0.3, -0.25) is 9.48 Å². The molecule has 2 aromatic carbocycles. The van der Waals surface area contributed by atoms with Gasteiger partial charge in [-0.05, 0) is 54.9 Å². The van der Waals surface area contributed by atoms with Gasteiger partial charge in [0.1, 0.15) is 6.61 Å². The number of rotatable bonds is 4. The number of ketones is 1. The molecule has 1 aromatic heterocycles. The van der Waals surface area contributed by atoms with Crippen molar-refractivity contribution >= 4 is 11.9 Å². The molecular formula is C28H29N3O3. The molecule has 6 rings (SSSR count). The van der Waals surface area contributed by atoms with E-state index in [2.05, 4.69) is 41.5 Å². The molecule has 0 N–H and O–H groups in total. The highest BCUT2D eigenvalue weighted by Gasteiger charge is 2.46. The lowest BCUT2D eigenvalue weighted by Crippen LogP contribution is -2.48. The molecule has 2 saturated heterocycles. The van der Waals surface area contributed by atoms with Gasteiger partial charge in [-0.15, -0.1) is 0 Å². The first-order valence-corrected chi connectivity index (χ1v) is 12.2. The second kappa shape index (κ2) is 8.12. The maximum Gasteiger partial charge on any atom is 0.410 e. The molecule has 0 radical (unpaired) electrons. The molecule has 2 bridgehead atoms. The average Bonchev–Trinajstić information content (AvgIpc) is 3.45. The van der Waals surface area contributed by atoms with Gasteiger partial charge in [-0.1, -0.05) is 48.5 Å². The van der Waals surface area contributed by atoms with Gasteiger partial charge >= 0.3 is 6.09 Å². The second-order valence-corrected chi connectivity index (χ2v) is 9.93. The van der Waals surface area contributed by atoms with Crippen LogP contribution in [0.3, 0.4) is 0 Å². The Morgan fingerprint density at radius 2 is 1.56 bits per heavy atom. The summed E-state index contributed by atoms with van der Waals surface area (Å²) in [6.07, 6.45) is 4.85. The summed E-state index contributed by atoms with van der Waals surface area (Å²) < 4.78 is 7.65. The summed E-state index contributed by atoms with van der Waals surface area (Å²) in [6.45, 7) is 2.22. The fraction of sp³-hybridized carbons (Fsp3) is 0.393. The number of amides is 1. The van der Waals surface area contributed by atoms with Crippen LogP contribution in [0.2, 0.25) is 0 Å². The summed E-state index contributed by atoms with van der Waals surface area (Å²) in [5, 5.41) is 4.33. The minimum Gasteiger partial charge on any atom is -0.448 e. The van der Waals surface area contributed by atoms with Crippen LogP contribution in [0, 0.1) is 12.8 Å². The van der Waals surface area contributed by atoms with Gasteiger partial charge in [0.05, 0.1) is 11.3 Å². The van der Waals surface area contributed by atoms with Crippen molar-refractivity contribution in [1.82, 2.24) is 14.7 Å². The molecule has 6 heteroatoms. The van der Waals surface area contributed by atoms with E-state index < -0.39 is 0 Å². The molecule has 2 atom stereocenters. The van der Waals surface area contributed by atoms with Crippen LogP contribution in [-0.4, -0.2) is 45.2 Å². The van der Waals surface area contributed by atoms with Gasteiger partial charge in [0.25, 0.3) is 0 Å². The number of Topliss-reactive ketones (excluding diaryl/α,β-unsaturated/α-hetero) is 1. The molecule has 3 heterocycles. The zero-order chi connectivity index (χ0) is 23.4. The number of carbonyl (C=O) groups excluding carboxylic acids is 2. The van der Waals surface area contributed by atoms with Crippen molar-refractivity contribution in [3.05, 3.63) is 77.1 Å². The molecular weight excluding hydrogens is 426 g/mol. The monoisotopic (exact) mass is 455 g/mol. The van der Waals surface area contributed by atoms with E-state index in [1.165, 1.54) is 22.3 Å². The van der Waals surface area contributed by atoms with Crippen LogP contribution in [0.5, 0.6) is 0 Å². The topological polar surface area (TPSA) is 64.4 Å².